The fraction of sp³-hybridized carbons (Fsp3) is 0.400. The van der Waals surface area contributed by atoms with Gasteiger partial charge in [0.05, 0.1) is 11.9 Å². The van der Waals surface area contributed by atoms with E-state index in [0.717, 1.165) is 18.8 Å². The molecule has 0 saturated carbocycles. The van der Waals surface area contributed by atoms with Gasteiger partial charge in [0, 0.05) is 13.1 Å². The Hall–Kier alpha value is -1.56. The minimum absolute atomic E-state index is 0.468. The summed E-state index contributed by atoms with van der Waals surface area (Å²) in [5.74, 6) is 0. The van der Waals surface area contributed by atoms with Gasteiger partial charge in [0.1, 0.15) is 11.8 Å². The lowest BCUT2D eigenvalue weighted by Crippen LogP contribution is -2.21. The fourth-order valence-electron chi connectivity index (χ4n) is 1.23. The van der Waals surface area contributed by atoms with Gasteiger partial charge in [-0.1, -0.05) is 0 Å². The SMILES string of the molecule is CCN(CC)c1ccc(C#N)nc1. The molecule has 0 aliphatic carbocycles. The zero-order valence-corrected chi connectivity index (χ0v) is 7.99. The summed E-state index contributed by atoms with van der Waals surface area (Å²) in [5, 5.41) is 8.56. The van der Waals surface area contributed by atoms with E-state index < -0.39 is 0 Å². The van der Waals surface area contributed by atoms with Crippen LogP contribution in [0.15, 0.2) is 18.3 Å². The number of hydrogen-bond acceptors (Lipinski definition) is 3. The Morgan fingerprint density at radius 2 is 2.08 bits per heavy atom. The predicted octanol–water partition coefficient (Wildman–Crippen LogP) is 1.80. The van der Waals surface area contributed by atoms with Crippen LogP contribution in [-0.2, 0) is 0 Å². The Morgan fingerprint density at radius 1 is 1.38 bits per heavy atom. The molecule has 3 heteroatoms. The molecular formula is C10H13N3. The molecule has 0 radical (unpaired) electrons. The van der Waals surface area contributed by atoms with Crippen molar-refractivity contribution in [2.75, 3.05) is 18.0 Å². The lowest BCUT2D eigenvalue weighted by Gasteiger charge is -2.20. The molecule has 0 aliphatic rings. The lowest BCUT2D eigenvalue weighted by molar-refractivity contribution is 0.862. The average molecular weight is 175 g/mol. The third kappa shape index (κ3) is 2.19. The number of aromatic nitrogens is 1. The lowest BCUT2D eigenvalue weighted by atomic mass is 10.3. The van der Waals surface area contributed by atoms with Crippen LogP contribution >= 0.6 is 0 Å². The van der Waals surface area contributed by atoms with Crippen molar-refractivity contribution in [1.82, 2.24) is 4.98 Å². The highest BCUT2D eigenvalue weighted by atomic mass is 15.1. The molecule has 0 aromatic carbocycles. The van der Waals surface area contributed by atoms with Gasteiger partial charge in [-0.25, -0.2) is 4.98 Å². The number of nitrogens with zero attached hydrogens (tertiary/aromatic N) is 3. The predicted molar refractivity (Wildman–Crippen MR) is 52.5 cm³/mol. The first-order valence-corrected chi connectivity index (χ1v) is 4.43. The number of pyridine rings is 1. The van der Waals surface area contributed by atoms with E-state index in [4.69, 9.17) is 5.26 Å². The maximum Gasteiger partial charge on any atom is 0.140 e. The third-order valence-electron chi connectivity index (χ3n) is 1.99. The van der Waals surface area contributed by atoms with Gasteiger partial charge in [0.2, 0.25) is 0 Å². The van der Waals surface area contributed by atoms with Crippen molar-refractivity contribution in [2.24, 2.45) is 0 Å². The summed E-state index contributed by atoms with van der Waals surface area (Å²) in [5.41, 5.74) is 1.54. The van der Waals surface area contributed by atoms with Crippen LogP contribution in [0.5, 0.6) is 0 Å². The van der Waals surface area contributed by atoms with Crippen molar-refractivity contribution in [3.63, 3.8) is 0 Å². The second-order valence-corrected chi connectivity index (χ2v) is 2.69. The summed E-state index contributed by atoms with van der Waals surface area (Å²) in [6, 6.07) is 5.67. The summed E-state index contributed by atoms with van der Waals surface area (Å²) in [4.78, 5) is 6.20. The van der Waals surface area contributed by atoms with E-state index in [1.807, 2.05) is 12.1 Å². The van der Waals surface area contributed by atoms with Crippen molar-refractivity contribution in [3.05, 3.63) is 24.0 Å². The third-order valence-corrected chi connectivity index (χ3v) is 1.99. The average Bonchev–Trinajstić information content (AvgIpc) is 2.21. The van der Waals surface area contributed by atoms with Gasteiger partial charge in [-0.15, -0.1) is 0 Å². The van der Waals surface area contributed by atoms with Gasteiger partial charge < -0.3 is 4.90 Å². The molecule has 1 heterocycles. The zero-order valence-electron chi connectivity index (χ0n) is 7.99. The summed E-state index contributed by atoms with van der Waals surface area (Å²) >= 11 is 0. The largest absolute Gasteiger partial charge is 0.371 e. The molecule has 0 fully saturated rings. The normalized spacial score (nSPS) is 9.31. The first kappa shape index (κ1) is 9.53. The van der Waals surface area contributed by atoms with Crippen LogP contribution in [0.1, 0.15) is 19.5 Å². The standard InChI is InChI=1S/C10H13N3/c1-3-13(4-2)10-6-5-9(7-11)12-8-10/h5-6,8H,3-4H2,1-2H3. The molecule has 0 unspecified atom stereocenters. The monoisotopic (exact) mass is 175 g/mol. The van der Waals surface area contributed by atoms with Gasteiger partial charge >= 0.3 is 0 Å². The first-order chi connectivity index (χ1) is 6.31. The molecule has 1 aromatic rings. The Morgan fingerprint density at radius 3 is 2.46 bits per heavy atom. The van der Waals surface area contributed by atoms with Crippen molar-refractivity contribution in [3.8, 4) is 6.07 Å². The smallest absolute Gasteiger partial charge is 0.140 e. The minimum Gasteiger partial charge on any atom is -0.371 e. The molecular weight excluding hydrogens is 162 g/mol. The van der Waals surface area contributed by atoms with E-state index in [1.165, 1.54) is 0 Å². The Labute approximate surface area is 78.6 Å². The Balaban J connectivity index is 2.85. The molecule has 0 N–H and O–H groups in total. The zero-order chi connectivity index (χ0) is 9.68. The van der Waals surface area contributed by atoms with Crippen LogP contribution in [0.2, 0.25) is 0 Å². The Bertz CT molecular complexity index is 293. The van der Waals surface area contributed by atoms with Crippen LogP contribution < -0.4 is 4.90 Å². The molecule has 0 saturated heterocycles. The summed E-state index contributed by atoms with van der Waals surface area (Å²) in [7, 11) is 0. The molecule has 3 nitrogen and oxygen atoms in total. The van der Waals surface area contributed by atoms with Gasteiger partial charge in [-0.2, -0.15) is 5.26 Å². The topological polar surface area (TPSA) is 39.9 Å². The van der Waals surface area contributed by atoms with Crippen molar-refractivity contribution in [1.29, 1.82) is 5.26 Å². The van der Waals surface area contributed by atoms with E-state index in [2.05, 4.69) is 23.7 Å². The van der Waals surface area contributed by atoms with Crippen LogP contribution in [0.3, 0.4) is 0 Å². The summed E-state index contributed by atoms with van der Waals surface area (Å²) in [6.07, 6.45) is 1.74. The second-order valence-electron chi connectivity index (χ2n) is 2.69. The maximum atomic E-state index is 8.56. The van der Waals surface area contributed by atoms with Gasteiger partial charge in [0.25, 0.3) is 0 Å². The van der Waals surface area contributed by atoms with E-state index in [9.17, 15) is 0 Å². The molecule has 0 spiro atoms. The second kappa shape index (κ2) is 4.46. The van der Waals surface area contributed by atoms with E-state index in [1.54, 1.807) is 12.3 Å². The van der Waals surface area contributed by atoms with Crippen molar-refractivity contribution < 1.29 is 0 Å². The molecule has 68 valence electrons. The quantitative estimate of drug-likeness (QED) is 0.703. The highest BCUT2D eigenvalue weighted by Gasteiger charge is 2.01. The highest BCUT2D eigenvalue weighted by Crippen LogP contribution is 2.11. The van der Waals surface area contributed by atoms with Crippen LogP contribution in [0.4, 0.5) is 5.69 Å². The molecule has 1 rings (SSSR count). The fourth-order valence-corrected chi connectivity index (χ4v) is 1.23. The van der Waals surface area contributed by atoms with Gasteiger partial charge in [-0.3, -0.25) is 0 Å². The molecule has 0 atom stereocenters. The van der Waals surface area contributed by atoms with Crippen LogP contribution in [-0.4, -0.2) is 18.1 Å². The summed E-state index contributed by atoms with van der Waals surface area (Å²) < 4.78 is 0. The molecule has 0 aliphatic heterocycles. The molecule has 13 heavy (non-hydrogen) atoms. The number of rotatable bonds is 3. The van der Waals surface area contributed by atoms with Crippen molar-refractivity contribution >= 4 is 5.69 Å². The number of anilines is 1. The van der Waals surface area contributed by atoms with E-state index in [0.29, 0.717) is 5.69 Å². The number of nitriles is 1. The minimum atomic E-state index is 0.468. The van der Waals surface area contributed by atoms with E-state index in [-0.39, 0.29) is 0 Å². The van der Waals surface area contributed by atoms with Gasteiger partial charge in [-0.05, 0) is 26.0 Å². The van der Waals surface area contributed by atoms with Crippen LogP contribution in [0, 0.1) is 11.3 Å². The highest BCUT2D eigenvalue weighted by molar-refractivity contribution is 5.45. The van der Waals surface area contributed by atoms with Crippen LogP contribution in [0.25, 0.3) is 0 Å². The summed E-state index contributed by atoms with van der Waals surface area (Å²) in [6.45, 7) is 6.12. The van der Waals surface area contributed by atoms with E-state index >= 15 is 0 Å². The Kier molecular flexibility index (Phi) is 3.27. The first-order valence-electron chi connectivity index (χ1n) is 4.43. The molecule has 1 aromatic heterocycles. The van der Waals surface area contributed by atoms with Crippen molar-refractivity contribution in [2.45, 2.75) is 13.8 Å². The molecule has 0 bridgehead atoms. The maximum absolute atomic E-state index is 8.56. The molecule has 0 amide bonds. The number of hydrogen-bond donors (Lipinski definition) is 0. The van der Waals surface area contributed by atoms with Gasteiger partial charge in [0.15, 0.2) is 0 Å².